The van der Waals surface area contributed by atoms with Gasteiger partial charge in [0.15, 0.2) is 0 Å². The van der Waals surface area contributed by atoms with Crippen LogP contribution in [0.25, 0.3) is 10.9 Å². The maximum absolute atomic E-state index is 11.8. The van der Waals surface area contributed by atoms with Crippen molar-refractivity contribution in [1.29, 1.82) is 0 Å². The van der Waals surface area contributed by atoms with Crippen LogP contribution in [0.1, 0.15) is 17.5 Å². The van der Waals surface area contributed by atoms with E-state index in [1.807, 2.05) is 12.3 Å². The highest BCUT2D eigenvalue weighted by Gasteiger charge is 2.48. The molecular weight excluding hydrogens is 268 g/mol. The minimum Gasteiger partial charge on any atom is -0.481 e. The summed E-state index contributed by atoms with van der Waals surface area (Å²) >= 11 is 0. The number of aromatic nitrogens is 1. The molecule has 5 heteroatoms. The summed E-state index contributed by atoms with van der Waals surface area (Å²) in [6.07, 6.45) is 3.17. The number of aromatic amines is 1. The fourth-order valence-corrected chi connectivity index (χ4v) is 2.78. The molecule has 110 valence electrons. The molecule has 0 saturated heterocycles. The Labute approximate surface area is 122 Å². The Morgan fingerprint density at radius 2 is 2.19 bits per heavy atom. The van der Waals surface area contributed by atoms with Crippen LogP contribution in [0.5, 0.6) is 0 Å². The lowest BCUT2D eigenvalue weighted by molar-refractivity contribution is -0.140. The quantitative estimate of drug-likeness (QED) is 0.784. The van der Waals surface area contributed by atoms with Crippen LogP contribution in [0.2, 0.25) is 0 Å². The molecule has 0 spiro atoms. The van der Waals surface area contributed by atoms with Crippen molar-refractivity contribution in [2.24, 2.45) is 11.8 Å². The molecule has 0 radical (unpaired) electrons. The van der Waals surface area contributed by atoms with E-state index in [4.69, 9.17) is 5.11 Å². The van der Waals surface area contributed by atoms with Gasteiger partial charge in [-0.25, -0.2) is 0 Å². The number of H-pyrrole nitrogens is 1. The lowest BCUT2D eigenvalue weighted by atomic mass is 10.1. The summed E-state index contributed by atoms with van der Waals surface area (Å²) in [5.74, 6) is -1.84. The van der Waals surface area contributed by atoms with Crippen LogP contribution in [0.15, 0.2) is 24.4 Å². The number of carbonyl (C=O) groups is 2. The smallest absolute Gasteiger partial charge is 0.307 e. The molecule has 1 aromatic heterocycles. The van der Waals surface area contributed by atoms with Gasteiger partial charge < -0.3 is 15.4 Å². The number of carboxylic acid groups (broad SMARTS) is 1. The SMILES string of the molecule is Cc1cccc2c(CCNC(=O)[C@H]3C[C@H]3C(=O)O)c[nH]c12. The van der Waals surface area contributed by atoms with E-state index in [2.05, 4.69) is 29.4 Å². The van der Waals surface area contributed by atoms with E-state index in [0.717, 1.165) is 11.9 Å². The molecule has 21 heavy (non-hydrogen) atoms. The van der Waals surface area contributed by atoms with Crippen molar-refractivity contribution in [3.05, 3.63) is 35.5 Å². The van der Waals surface area contributed by atoms with E-state index >= 15 is 0 Å². The predicted octanol–water partition coefficient (Wildman–Crippen LogP) is 1.86. The number of hydrogen-bond acceptors (Lipinski definition) is 2. The monoisotopic (exact) mass is 286 g/mol. The van der Waals surface area contributed by atoms with E-state index in [9.17, 15) is 9.59 Å². The largest absolute Gasteiger partial charge is 0.481 e. The fraction of sp³-hybridized carbons (Fsp3) is 0.375. The molecule has 1 aromatic carbocycles. The second-order valence-electron chi connectivity index (χ2n) is 5.64. The molecular formula is C16H18N2O3. The van der Waals surface area contributed by atoms with Crippen molar-refractivity contribution in [2.45, 2.75) is 19.8 Å². The first-order valence-corrected chi connectivity index (χ1v) is 7.14. The number of hydrogen-bond donors (Lipinski definition) is 3. The Morgan fingerprint density at radius 3 is 2.90 bits per heavy atom. The first-order chi connectivity index (χ1) is 10.1. The van der Waals surface area contributed by atoms with E-state index < -0.39 is 11.9 Å². The average Bonchev–Trinajstić information content (AvgIpc) is 3.16. The Bertz CT molecular complexity index is 705. The first kappa shape index (κ1) is 13.7. The third kappa shape index (κ3) is 2.63. The number of carboxylic acids is 1. The highest BCUT2D eigenvalue weighted by atomic mass is 16.4. The summed E-state index contributed by atoms with van der Waals surface area (Å²) in [7, 11) is 0. The second kappa shape index (κ2) is 5.24. The highest BCUT2D eigenvalue weighted by molar-refractivity contribution is 5.89. The fourth-order valence-electron chi connectivity index (χ4n) is 2.78. The normalized spacial score (nSPS) is 20.4. The van der Waals surface area contributed by atoms with Gasteiger partial charge in [-0.3, -0.25) is 9.59 Å². The van der Waals surface area contributed by atoms with Gasteiger partial charge >= 0.3 is 5.97 Å². The Balaban J connectivity index is 1.57. The van der Waals surface area contributed by atoms with Crippen LogP contribution < -0.4 is 5.32 Å². The number of amides is 1. The maximum atomic E-state index is 11.8. The topological polar surface area (TPSA) is 82.2 Å². The zero-order valence-corrected chi connectivity index (χ0v) is 11.8. The van der Waals surface area contributed by atoms with Crippen LogP contribution in [0, 0.1) is 18.8 Å². The standard InChI is InChI=1S/C16H18N2O3/c1-9-3-2-4-11-10(8-18-14(9)11)5-6-17-15(19)12-7-13(12)16(20)21/h2-4,8,12-13,18H,5-7H2,1H3,(H,17,19)(H,20,21)/t12-,13+/m0/s1. The minimum atomic E-state index is -0.873. The van der Waals surface area contributed by atoms with Gasteiger partial charge in [0.25, 0.3) is 0 Å². The van der Waals surface area contributed by atoms with E-state index in [-0.39, 0.29) is 11.8 Å². The van der Waals surface area contributed by atoms with E-state index in [1.54, 1.807) is 0 Å². The lowest BCUT2D eigenvalue weighted by Gasteiger charge is -2.04. The number of fused-ring (bicyclic) bond motifs is 1. The summed E-state index contributed by atoms with van der Waals surface area (Å²) in [5, 5.41) is 12.8. The molecule has 3 rings (SSSR count). The number of aliphatic carboxylic acids is 1. The van der Waals surface area contributed by atoms with Gasteiger partial charge in [0.2, 0.25) is 5.91 Å². The zero-order valence-electron chi connectivity index (χ0n) is 11.8. The van der Waals surface area contributed by atoms with Gasteiger partial charge in [-0.05, 0) is 30.9 Å². The van der Waals surface area contributed by atoms with Crippen molar-refractivity contribution >= 4 is 22.8 Å². The lowest BCUT2D eigenvalue weighted by Crippen LogP contribution is -2.28. The molecule has 5 nitrogen and oxygen atoms in total. The second-order valence-corrected chi connectivity index (χ2v) is 5.64. The van der Waals surface area contributed by atoms with Gasteiger partial charge in [-0.15, -0.1) is 0 Å². The molecule has 2 aromatic rings. The molecule has 1 saturated carbocycles. The van der Waals surface area contributed by atoms with Crippen molar-refractivity contribution in [1.82, 2.24) is 10.3 Å². The van der Waals surface area contributed by atoms with Crippen LogP contribution in [-0.2, 0) is 16.0 Å². The van der Waals surface area contributed by atoms with Gasteiger partial charge in [0.1, 0.15) is 0 Å². The molecule has 0 bridgehead atoms. The van der Waals surface area contributed by atoms with Gasteiger partial charge in [-0.2, -0.15) is 0 Å². The van der Waals surface area contributed by atoms with Crippen LogP contribution in [-0.4, -0.2) is 28.5 Å². The maximum Gasteiger partial charge on any atom is 0.307 e. The zero-order chi connectivity index (χ0) is 15.0. The van der Waals surface area contributed by atoms with Crippen LogP contribution in [0.4, 0.5) is 0 Å². The third-order valence-corrected chi connectivity index (χ3v) is 4.15. The summed E-state index contributed by atoms with van der Waals surface area (Å²) in [6.45, 7) is 2.59. The molecule has 0 unspecified atom stereocenters. The van der Waals surface area contributed by atoms with Crippen LogP contribution >= 0.6 is 0 Å². The summed E-state index contributed by atoms with van der Waals surface area (Å²) in [4.78, 5) is 25.8. The summed E-state index contributed by atoms with van der Waals surface area (Å²) in [6, 6.07) is 6.15. The Morgan fingerprint density at radius 1 is 1.38 bits per heavy atom. The molecule has 2 atom stereocenters. The molecule has 1 heterocycles. The Hall–Kier alpha value is -2.30. The van der Waals surface area contributed by atoms with E-state index in [1.165, 1.54) is 16.5 Å². The molecule has 1 amide bonds. The van der Waals surface area contributed by atoms with Crippen LogP contribution in [0.3, 0.4) is 0 Å². The van der Waals surface area contributed by atoms with Crippen molar-refractivity contribution in [2.75, 3.05) is 6.54 Å². The van der Waals surface area contributed by atoms with Crippen molar-refractivity contribution in [3.63, 3.8) is 0 Å². The number of para-hydroxylation sites is 1. The van der Waals surface area contributed by atoms with Crippen molar-refractivity contribution in [3.8, 4) is 0 Å². The Kier molecular flexibility index (Phi) is 3.41. The van der Waals surface area contributed by atoms with Gasteiger partial charge in [0.05, 0.1) is 11.8 Å². The predicted molar refractivity (Wildman–Crippen MR) is 79.0 cm³/mol. The van der Waals surface area contributed by atoms with Crippen molar-refractivity contribution < 1.29 is 14.7 Å². The summed E-state index contributed by atoms with van der Waals surface area (Å²) in [5.41, 5.74) is 3.50. The van der Waals surface area contributed by atoms with E-state index in [0.29, 0.717) is 13.0 Å². The first-order valence-electron chi connectivity index (χ1n) is 7.14. The molecule has 0 aliphatic heterocycles. The minimum absolute atomic E-state index is 0.140. The number of carbonyl (C=O) groups excluding carboxylic acids is 1. The molecule has 3 N–H and O–H groups in total. The number of rotatable bonds is 5. The number of aryl methyl sites for hydroxylation is 1. The molecule has 1 aliphatic carbocycles. The van der Waals surface area contributed by atoms with Gasteiger partial charge in [0, 0.05) is 23.6 Å². The number of nitrogens with one attached hydrogen (secondary N) is 2. The molecule has 1 aliphatic rings. The number of benzene rings is 1. The average molecular weight is 286 g/mol. The van der Waals surface area contributed by atoms with Gasteiger partial charge in [-0.1, -0.05) is 18.2 Å². The highest BCUT2D eigenvalue weighted by Crippen LogP contribution is 2.38. The summed E-state index contributed by atoms with van der Waals surface area (Å²) < 4.78 is 0. The molecule has 1 fully saturated rings. The third-order valence-electron chi connectivity index (χ3n) is 4.15.